The molecule has 1 saturated carbocycles. The molecule has 1 fully saturated rings. The van der Waals surface area contributed by atoms with Crippen LogP contribution in [0.15, 0.2) is 89.1 Å². The second-order valence-corrected chi connectivity index (χ2v) is 7.48. The smallest absolute Gasteiger partial charge is 0.168 e. The van der Waals surface area contributed by atoms with Crippen molar-refractivity contribution in [1.29, 1.82) is 0 Å². The molecule has 0 bridgehead atoms. The van der Waals surface area contributed by atoms with Gasteiger partial charge in [0.25, 0.3) is 0 Å². The second kappa shape index (κ2) is 8.87. The molecule has 0 unspecified atom stereocenters. The van der Waals surface area contributed by atoms with E-state index in [1.807, 2.05) is 42.5 Å². The van der Waals surface area contributed by atoms with Crippen LogP contribution in [0.1, 0.15) is 30.4 Å². The van der Waals surface area contributed by atoms with Gasteiger partial charge in [-0.1, -0.05) is 72.8 Å². The van der Waals surface area contributed by atoms with Crippen molar-refractivity contribution < 1.29 is 9.90 Å². The lowest BCUT2D eigenvalue weighted by Crippen LogP contribution is -2.22. The van der Waals surface area contributed by atoms with Gasteiger partial charge in [-0.05, 0) is 41.2 Å². The van der Waals surface area contributed by atoms with E-state index >= 15 is 0 Å². The normalized spacial score (nSPS) is 17.7. The number of aliphatic hydroxyl groups is 1. The SMILES string of the molecule is O=C1CCCC(=NCCc2ccccc2)C1=C(O)Cc1cccc2ccccc12. The molecule has 0 saturated heterocycles. The van der Waals surface area contributed by atoms with Gasteiger partial charge >= 0.3 is 0 Å². The zero-order valence-corrected chi connectivity index (χ0v) is 16.5. The Morgan fingerprint density at radius 2 is 1.66 bits per heavy atom. The van der Waals surface area contributed by atoms with E-state index in [2.05, 4.69) is 30.3 Å². The van der Waals surface area contributed by atoms with Crippen molar-refractivity contribution in [3.05, 3.63) is 95.3 Å². The van der Waals surface area contributed by atoms with Crippen LogP contribution in [0.5, 0.6) is 0 Å². The molecule has 3 nitrogen and oxygen atoms in total. The molecule has 1 N–H and O–H groups in total. The van der Waals surface area contributed by atoms with E-state index in [1.54, 1.807) is 0 Å². The van der Waals surface area contributed by atoms with Gasteiger partial charge in [-0.2, -0.15) is 0 Å². The first-order valence-corrected chi connectivity index (χ1v) is 10.2. The maximum absolute atomic E-state index is 12.6. The minimum atomic E-state index is 0.00690. The van der Waals surface area contributed by atoms with Gasteiger partial charge in [0.15, 0.2) is 5.78 Å². The number of carbonyl (C=O) groups is 1. The molecule has 0 spiro atoms. The van der Waals surface area contributed by atoms with Crippen molar-refractivity contribution >= 4 is 22.3 Å². The largest absolute Gasteiger partial charge is 0.511 e. The fourth-order valence-corrected chi connectivity index (χ4v) is 3.99. The Bertz CT molecular complexity index is 1070. The number of hydrogen-bond acceptors (Lipinski definition) is 3. The van der Waals surface area contributed by atoms with Gasteiger partial charge < -0.3 is 5.11 Å². The number of aliphatic imine (C=N–C) groups is 1. The van der Waals surface area contributed by atoms with E-state index < -0.39 is 0 Å². The van der Waals surface area contributed by atoms with Gasteiger partial charge in [0.1, 0.15) is 5.76 Å². The number of carbonyl (C=O) groups excluding carboxylic acids is 1. The summed E-state index contributed by atoms with van der Waals surface area (Å²) in [6, 6.07) is 24.4. The van der Waals surface area contributed by atoms with Gasteiger partial charge in [0.2, 0.25) is 0 Å². The number of fused-ring (bicyclic) bond motifs is 1. The number of aliphatic hydroxyl groups excluding tert-OH is 1. The van der Waals surface area contributed by atoms with E-state index in [0.717, 1.165) is 41.3 Å². The number of nitrogens with zero attached hydrogens (tertiary/aromatic N) is 1. The van der Waals surface area contributed by atoms with E-state index in [1.165, 1.54) is 5.56 Å². The first-order chi connectivity index (χ1) is 14.2. The van der Waals surface area contributed by atoms with Crippen molar-refractivity contribution in [2.75, 3.05) is 6.54 Å². The van der Waals surface area contributed by atoms with Gasteiger partial charge in [-0.25, -0.2) is 0 Å². The Morgan fingerprint density at radius 1 is 0.897 bits per heavy atom. The monoisotopic (exact) mass is 383 g/mol. The van der Waals surface area contributed by atoms with E-state index in [4.69, 9.17) is 4.99 Å². The summed E-state index contributed by atoms with van der Waals surface area (Å²) in [4.78, 5) is 17.3. The predicted molar refractivity (Wildman–Crippen MR) is 119 cm³/mol. The maximum atomic E-state index is 12.6. The predicted octanol–water partition coefficient (Wildman–Crippen LogP) is 5.63. The molecular weight excluding hydrogens is 358 g/mol. The van der Waals surface area contributed by atoms with Crippen molar-refractivity contribution in [1.82, 2.24) is 0 Å². The molecule has 0 aliphatic heterocycles. The highest BCUT2D eigenvalue weighted by molar-refractivity contribution is 6.24. The molecule has 3 aromatic carbocycles. The Labute approximate surface area is 171 Å². The van der Waals surface area contributed by atoms with Crippen LogP contribution in [0.2, 0.25) is 0 Å². The van der Waals surface area contributed by atoms with Crippen molar-refractivity contribution in [3.8, 4) is 0 Å². The molecule has 0 atom stereocenters. The van der Waals surface area contributed by atoms with Crippen LogP contribution in [0, 0.1) is 0 Å². The quantitative estimate of drug-likeness (QED) is 0.458. The first-order valence-electron chi connectivity index (χ1n) is 10.2. The number of hydrogen-bond donors (Lipinski definition) is 1. The van der Waals surface area contributed by atoms with E-state index in [9.17, 15) is 9.90 Å². The van der Waals surface area contributed by atoms with Crippen LogP contribution < -0.4 is 0 Å². The summed E-state index contributed by atoms with van der Waals surface area (Å²) < 4.78 is 0. The Morgan fingerprint density at radius 3 is 2.52 bits per heavy atom. The lowest BCUT2D eigenvalue weighted by atomic mass is 9.88. The van der Waals surface area contributed by atoms with Crippen molar-refractivity contribution in [2.45, 2.75) is 32.1 Å². The Balaban J connectivity index is 1.60. The number of benzene rings is 3. The first kappa shape index (κ1) is 19.1. The van der Waals surface area contributed by atoms with Crippen molar-refractivity contribution in [3.63, 3.8) is 0 Å². The topological polar surface area (TPSA) is 49.7 Å². The highest BCUT2D eigenvalue weighted by Crippen LogP contribution is 2.25. The van der Waals surface area contributed by atoms with Gasteiger partial charge in [-0.3, -0.25) is 9.79 Å². The van der Waals surface area contributed by atoms with E-state index in [-0.39, 0.29) is 11.5 Å². The zero-order valence-electron chi connectivity index (χ0n) is 16.5. The average Bonchev–Trinajstić information content (AvgIpc) is 2.75. The third-order valence-corrected chi connectivity index (χ3v) is 5.46. The molecule has 3 aromatic rings. The highest BCUT2D eigenvalue weighted by Gasteiger charge is 2.25. The molecular formula is C26H25NO2. The minimum absolute atomic E-state index is 0.00690. The molecule has 0 aromatic heterocycles. The molecule has 29 heavy (non-hydrogen) atoms. The number of allylic oxidation sites excluding steroid dienone is 2. The molecule has 4 rings (SSSR count). The Hall–Kier alpha value is -3.20. The Kier molecular flexibility index (Phi) is 5.85. The fourth-order valence-electron chi connectivity index (χ4n) is 3.99. The van der Waals surface area contributed by atoms with Crippen LogP contribution >= 0.6 is 0 Å². The van der Waals surface area contributed by atoms with Gasteiger partial charge in [0.05, 0.1) is 5.57 Å². The lowest BCUT2D eigenvalue weighted by molar-refractivity contribution is -0.115. The molecule has 1 aliphatic carbocycles. The lowest BCUT2D eigenvalue weighted by Gasteiger charge is -2.18. The molecule has 0 heterocycles. The molecule has 1 aliphatic rings. The number of ketones is 1. The van der Waals surface area contributed by atoms with Gasteiger partial charge in [-0.15, -0.1) is 0 Å². The standard InChI is InChI=1S/C26H25NO2/c28-24-15-7-14-23(27-17-16-19-8-2-1-3-9-19)26(24)25(29)18-21-12-6-11-20-10-4-5-13-22(20)21/h1-6,8-13,29H,7,14-18H2. The third kappa shape index (κ3) is 4.45. The van der Waals surface area contributed by atoms with Crippen LogP contribution in [-0.2, 0) is 17.6 Å². The van der Waals surface area contributed by atoms with E-state index in [0.29, 0.717) is 25.0 Å². The second-order valence-electron chi connectivity index (χ2n) is 7.48. The van der Waals surface area contributed by atoms with Crippen molar-refractivity contribution in [2.24, 2.45) is 4.99 Å². The molecule has 0 amide bonds. The van der Waals surface area contributed by atoms with Gasteiger partial charge in [0, 0.05) is 25.1 Å². The zero-order chi connectivity index (χ0) is 20.1. The minimum Gasteiger partial charge on any atom is -0.511 e. The number of Topliss-reactive ketones (excluding diaryl/α,β-unsaturated/α-hetero) is 1. The molecule has 146 valence electrons. The molecule has 3 heteroatoms. The summed E-state index contributed by atoms with van der Waals surface area (Å²) in [5.41, 5.74) is 3.45. The fraction of sp³-hybridized carbons (Fsp3) is 0.231. The number of rotatable bonds is 5. The van der Waals surface area contributed by atoms with Crippen LogP contribution in [0.25, 0.3) is 10.8 Å². The summed E-state index contributed by atoms with van der Waals surface area (Å²) >= 11 is 0. The molecule has 0 radical (unpaired) electrons. The maximum Gasteiger partial charge on any atom is 0.168 e. The van der Waals surface area contributed by atoms with Crippen LogP contribution in [0.3, 0.4) is 0 Å². The van der Waals surface area contributed by atoms with Crippen LogP contribution in [0.4, 0.5) is 0 Å². The summed E-state index contributed by atoms with van der Waals surface area (Å²) in [5, 5.41) is 13.2. The average molecular weight is 383 g/mol. The summed E-state index contributed by atoms with van der Waals surface area (Å²) in [6.45, 7) is 0.623. The summed E-state index contributed by atoms with van der Waals surface area (Å²) in [7, 11) is 0. The summed E-state index contributed by atoms with van der Waals surface area (Å²) in [6.07, 6.45) is 3.20. The summed E-state index contributed by atoms with van der Waals surface area (Å²) in [5.74, 6) is 0.150. The van der Waals surface area contributed by atoms with Crippen LogP contribution in [-0.4, -0.2) is 23.1 Å². The third-order valence-electron chi connectivity index (χ3n) is 5.46. The highest BCUT2D eigenvalue weighted by atomic mass is 16.3.